The lowest BCUT2D eigenvalue weighted by atomic mass is 9.90. The van der Waals surface area contributed by atoms with Gasteiger partial charge in [0.05, 0.1) is 12.2 Å². The molecule has 0 radical (unpaired) electrons. The predicted octanol–water partition coefficient (Wildman–Crippen LogP) is 3.95. The molecule has 0 saturated heterocycles. The van der Waals surface area contributed by atoms with Gasteiger partial charge in [-0.05, 0) is 37.0 Å². The van der Waals surface area contributed by atoms with Crippen LogP contribution in [-0.4, -0.2) is 12.4 Å². The summed E-state index contributed by atoms with van der Waals surface area (Å²) in [7, 11) is 0. The molecule has 1 saturated carbocycles. The summed E-state index contributed by atoms with van der Waals surface area (Å²) in [5.41, 5.74) is 4.42. The molecule has 3 nitrogen and oxygen atoms in total. The number of ether oxygens (including phenoxy) is 1. The van der Waals surface area contributed by atoms with Crippen molar-refractivity contribution >= 4 is 5.84 Å². The van der Waals surface area contributed by atoms with E-state index < -0.39 is 11.7 Å². The summed E-state index contributed by atoms with van der Waals surface area (Å²) in [6.45, 7) is 0.308. The first kappa shape index (κ1) is 15.7. The lowest BCUT2D eigenvalue weighted by Gasteiger charge is -2.23. The number of rotatable bonds is 4. The molecule has 0 atom stereocenters. The molecule has 21 heavy (non-hydrogen) atoms. The second-order valence-electron chi connectivity index (χ2n) is 5.44. The maximum Gasteiger partial charge on any atom is 0.419 e. The number of amidine groups is 1. The van der Waals surface area contributed by atoms with E-state index in [4.69, 9.17) is 15.9 Å². The second-order valence-corrected chi connectivity index (χ2v) is 5.44. The molecule has 0 amide bonds. The summed E-state index contributed by atoms with van der Waals surface area (Å²) in [5, 5.41) is 7.24. The molecule has 3 N–H and O–H groups in total. The third-order valence-corrected chi connectivity index (χ3v) is 3.80. The molecule has 1 aromatic carbocycles. The summed E-state index contributed by atoms with van der Waals surface area (Å²) in [4.78, 5) is 0. The Morgan fingerprint density at radius 2 is 1.90 bits per heavy atom. The van der Waals surface area contributed by atoms with Crippen LogP contribution in [0.1, 0.15) is 43.2 Å². The van der Waals surface area contributed by atoms with Crippen LogP contribution in [0.4, 0.5) is 13.2 Å². The fourth-order valence-corrected chi connectivity index (χ4v) is 2.61. The van der Waals surface area contributed by atoms with Gasteiger partial charge in [-0.25, -0.2) is 0 Å². The first-order valence-corrected chi connectivity index (χ1v) is 7.06. The largest absolute Gasteiger partial charge is 0.493 e. The highest BCUT2D eigenvalue weighted by atomic mass is 19.4. The Labute approximate surface area is 121 Å². The molecule has 1 aliphatic rings. The zero-order chi connectivity index (χ0) is 15.5. The third-order valence-electron chi connectivity index (χ3n) is 3.80. The van der Waals surface area contributed by atoms with Crippen molar-refractivity contribution in [2.75, 3.05) is 6.61 Å². The Hall–Kier alpha value is -1.72. The van der Waals surface area contributed by atoms with Crippen molar-refractivity contribution in [3.05, 3.63) is 29.3 Å². The number of nitrogens with one attached hydrogen (secondary N) is 1. The van der Waals surface area contributed by atoms with E-state index in [0.29, 0.717) is 12.5 Å². The molecular formula is C15H19F3N2O. The van der Waals surface area contributed by atoms with Crippen molar-refractivity contribution in [2.24, 2.45) is 11.7 Å². The Balaban J connectivity index is 2.15. The molecule has 1 aliphatic carbocycles. The summed E-state index contributed by atoms with van der Waals surface area (Å²) in [5.74, 6) is -0.246. The van der Waals surface area contributed by atoms with Crippen LogP contribution in [0.3, 0.4) is 0 Å². The minimum Gasteiger partial charge on any atom is -0.493 e. The van der Waals surface area contributed by atoms with Gasteiger partial charge in [0.2, 0.25) is 0 Å². The molecule has 0 aliphatic heterocycles. The monoisotopic (exact) mass is 300 g/mol. The van der Waals surface area contributed by atoms with E-state index >= 15 is 0 Å². The van der Waals surface area contributed by atoms with E-state index in [2.05, 4.69) is 0 Å². The average molecular weight is 300 g/mol. The van der Waals surface area contributed by atoms with E-state index in [-0.39, 0.29) is 17.1 Å². The van der Waals surface area contributed by atoms with Crippen molar-refractivity contribution in [1.29, 1.82) is 5.41 Å². The van der Waals surface area contributed by atoms with Crippen LogP contribution in [-0.2, 0) is 6.18 Å². The summed E-state index contributed by atoms with van der Waals surface area (Å²) < 4.78 is 44.6. The van der Waals surface area contributed by atoms with Gasteiger partial charge in [0.25, 0.3) is 0 Å². The predicted molar refractivity (Wildman–Crippen MR) is 74.5 cm³/mol. The number of benzene rings is 1. The average Bonchev–Trinajstić information content (AvgIpc) is 2.45. The van der Waals surface area contributed by atoms with Crippen molar-refractivity contribution < 1.29 is 17.9 Å². The van der Waals surface area contributed by atoms with Crippen LogP contribution in [0.25, 0.3) is 0 Å². The maximum absolute atomic E-state index is 13.1. The fourth-order valence-electron chi connectivity index (χ4n) is 2.61. The highest BCUT2D eigenvalue weighted by Crippen LogP contribution is 2.37. The fraction of sp³-hybridized carbons (Fsp3) is 0.533. The minimum atomic E-state index is -4.52. The van der Waals surface area contributed by atoms with Crippen LogP contribution < -0.4 is 10.5 Å². The molecule has 0 unspecified atom stereocenters. The van der Waals surface area contributed by atoms with E-state index in [1.165, 1.54) is 18.6 Å². The molecule has 0 spiro atoms. The van der Waals surface area contributed by atoms with Crippen molar-refractivity contribution in [3.8, 4) is 5.75 Å². The summed E-state index contributed by atoms with van der Waals surface area (Å²) in [6.07, 6.45) is 0.914. The zero-order valence-corrected chi connectivity index (χ0v) is 11.7. The topological polar surface area (TPSA) is 59.1 Å². The third kappa shape index (κ3) is 4.12. The molecule has 1 aromatic rings. The normalized spacial score (nSPS) is 16.7. The standard InChI is InChI=1S/C15H19F3N2O/c16-15(17,18)12-8-11(14(19)20)6-7-13(12)21-9-10-4-2-1-3-5-10/h6-8,10H,1-5,9H2,(H3,19,20). The van der Waals surface area contributed by atoms with Crippen LogP contribution in [0.5, 0.6) is 5.75 Å². The molecule has 116 valence electrons. The van der Waals surface area contributed by atoms with Gasteiger partial charge in [-0.1, -0.05) is 19.3 Å². The van der Waals surface area contributed by atoms with Gasteiger partial charge in [-0.15, -0.1) is 0 Å². The van der Waals surface area contributed by atoms with E-state index in [1.807, 2.05) is 0 Å². The Bertz CT molecular complexity index is 508. The van der Waals surface area contributed by atoms with Gasteiger partial charge in [0, 0.05) is 5.56 Å². The maximum atomic E-state index is 13.1. The Morgan fingerprint density at radius 3 is 2.48 bits per heavy atom. The minimum absolute atomic E-state index is 0.0485. The van der Waals surface area contributed by atoms with Crippen molar-refractivity contribution in [2.45, 2.75) is 38.3 Å². The lowest BCUT2D eigenvalue weighted by molar-refractivity contribution is -0.139. The van der Waals surface area contributed by atoms with Gasteiger partial charge < -0.3 is 10.5 Å². The van der Waals surface area contributed by atoms with Gasteiger partial charge in [0.15, 0.2) is 0 Å². The number of nitrogens with two attached hydrogens (primary N) is 1. The van der Waals surface area contributed by atoms with Crippen LogP contribution in [0, 0.1) is 11.3 Å². The molecule has 0 bridgehead atoms. The second kappa shape index (κ2) is 6.37. The quantitative estimate of drug-likeness (QED) is 0.653. The van der Waals surface area contributed by atoms with Crippen molar-refractivity contribution in [3.63, 3.8) is 0 Å². The highest BCUT2D eigenvalue weighted by Gasteiger charge is 2.35. The van der Waals surface area contributed by atoms with Gasteiger partial charge in [0.1, 0.15) is 11.6 Å². The Kier molecular flexibility index (Phi) is 4.75. The molecular weight excluding hydrogens is 281 g/mol. The van der Waals surface area contributed by atoms with E-state index in [1.54, 1.807) is 0 Å². The molecule has 0 aromatic heterocycles. The first-order chi connectivity index (χ1) is 9.88. The number of alkyl halides is 3. The number of hydrogen-bond donors (Lipinski definition) is 2. The molecule has 2 rings (SSSR count). The SMILES string of the molecule is N=C(N)c1ccc(OCC2CCCCC2)c(C(F)(F)F)c1. The summed E-state index contributed by atoms with van der Waals surface area (Å²) in [6, 6.07) is 3.51. The van der Waals surface area contributed by atoms with Gasteiger partial charge >= 0.3 is 6.18 Å². The zero-order valence-electron chi connectivity index (χ0n) is 11.7. The molecule has 1 fully saturated rings. The van der Waals surface area contributed by atoms with Crippen molar-refractivity contribution in [1.82, 2.24) is 0 Å². The van der Waals surface area contributed by atoms with Gasteiger partial charge in [-0.3, -0.25) is 5.41 Å². The van der Waals surface area contributed by atoms with Gasteiger partial charge in [-0.2, -0.15) is 13.2 Å². The van der Waals surface area contributed by atoms with E-state index in [9.17, 15) is 13.2 Å². The molecule has 6 heteroatoms. The van der Waals surface area contributed by atoms with Crippen LogP contribution in [0.2, 0.25) is 0 Å². The molecule has 0 heterocycles. The lowest BCUT2D eigenvalue weighted by Crippen LogP contribution is -2.18. The van der Waals surface area contributed by atoms with Crippen LogP contribution in [0.15, 0.2) is 18.2 Å². The number of nitrogen functional groups attached to an aromatic ring is 1. The smallest absolute Gasteiger partial charge is 0.419 e. The number of halogens is 3. The summed E-state index contributed by atoms with van der Waals surface area (Å²) >= 11 is 0. The Morgan fingerprint density at radius 1 is 1.24 bits per heavy atom. The first-order valence-electron chi connectivity index (χ1n) is 7.06. The highest BCUT2D eigenvalue weighted by molar-refractivity contribution is 5.95. The van der Waals surface area contributed by atoms with E-state index in [0.717, 1.165) is 31.7 Å². The van der Waals surface area contributed by atoms with Crippen LogP contribution >= 0.6 is 0 Å². The number of hydrogen-bond acceptors (Lipinski definition) is 2.